The predicted octanol–water partition coefficient (Wildman–Crippen LogP) is 5.03. The maximum Gasteiger partial charge on any atom is 0.301 e. The number of nitrogens with one attached hydrogen (secondary N) is 3. The van der Waals surface area contributed by atoms with E-state index in [4.69, 9.17) is 0 Å². The highest BCUT2D eigenvalue weighted by molar-refractivity contribution is 7.90. The van der Waals surface area contributed by atoms with Gasteiger partial charge in [-0.05, 0) is 91.3 Å². The first kappa shape index (κ1) is 43.9. The zero-order valence-corrected chi connectivity index (χ0v) is 36.9. The molecule has 0 saturated carbocycles. The van der Waals surface area contributed by atoms with Crippen LogP contribution in [0.2, 0.25) is 0 Å². The Morgan fingerprint density at radius 3 is 2.33 bits per heavy atom. The fourth-order valence-electron chi connectivity index (χ4n) is 10.1. The second kappa shape index (κ2) is 17.7. The van der Waals surface area contributed by atoms with Gasteiger partial charge in [-0.3, -0.25) is 24.0 Å². The van der Waals surface area contributed by atoms with Gasteiger partial charge in [-0.25, -0.2) is 18.2 Å². The van der Waals surface area contributed by atoms with Crippen LogP contribution in [0.25, 0.3) is 22.2 Å². The molecule has 2 unspecified atom stereocenters. The second-order valence-corrected chi connectivity index (χ2v) is 19.6. The number of carbonyl (C=O) groups is 3. The number of nitrogens with zero attached hydrogens (tertiary/aromatic N) is 6. The van der Waals surface area contributed by atoms with Crippen LogP contribution in [0.5, 0.6) is 0 Å². The van der Waals surface area contributed by atoms with Crippen molar-refractivity contribution in [1.29, 1.82) is 0 Å². The number of ketones is 1. The highest BCUT2D eigenvalue weighted by Crippen LogP contribution is 2.34. The van der Waals surface area contributed by atoms with Crippen molar-refractivity contribution in [1.82, 2.24) is 29.4 Å². The Kier molecular flexibility index (Phi) is 11.7. The van der Waals surface area contributed by atoms with E-state index in [9.17, 15) is 32.3 Å². The minimum Gasteiger partial charge on any atom is -0.372 e. The lowest BCUT2D eigenvalue weighted by atomic mass is 9.95. The van der Waals surface area contributed by atoms with E-state index in [2.05, 4.69) is 48.2 Å². The normalized spacial score (nSPS) is 22.3. The van der Waals surface area contributed by atoms with Crippen LogP contribution in [-0.2, 0) is 21.5 Å². The molecule has 4 saturated heterocycles. The lowest BCUT2D eigenvalue weighted by Crippen LogP contribution is -2.55. The molecule has 3 atom stereocenters. The number of aromatic amines is 1. The van der Waals surface area contributed by atoms with Crippen LogP contribution in [0.15, 0.2) is 73.1 Å². The minimum absolute atomic E-state index is 0.00486. The van der Waals surface area contributed by atoms with Crippen molar-refractivity contribution in [3.63, 3.8) is 0 Å². The molecule has 5 aliphatic rings. The third-order valence-corrected chi connectivity index (χ3v) is 15.4. The fourth-order valence-corrected chi connectivity index (χ4v) is 11.4. The lowest BCUT2D eigenvalue weighted by Gasteiger charge is -2.40. The number of aromatic nitrogens is 2. The Morgan fingerprint density at radius 1 is 0.864 bits per heavy atom. The topological polar surface area (TPSA) is 175 Å². The summed E-state index contributed by atoms with van der Waals surface area (Å²) in [5.74, 6) is -3.27. The molecule has 15 nitrogen and oxygen atoms in total. The Hall–Kier alpha value is -6.02. The van der Waals surface area contributed by atoms with Crippen molar-refractivity contribution >= 4 is 55.9 Å². The zero-order valence-electron chi connectivity index (χ0n) is 36.1. The number of aliphatic hydroxyl groups is 1. The van der Waals surface area contributed by atoms with Gasteiger partial charge in [-0.1, -0.05) is 12.1 Å². The number of carbonyl (C=O) groups excluding carboxylic acids is 3. The van der Waals surface area contributed by atoms with Crippen molar-refractivity contribution in [2.75, 3.05) is 73.4 Å². The van der Waals surface area contributed by atoms with Gasteiger partial charge in [-0.15, -0.1) is 0 Å². The first-order chi connectivity index (χ1) is 31.8. The molecule has 346 valence electrons. The monoisotopic (exact) mass is 925 g/mol. The third kappa shape index (κ3) is 8.48. The number of fused-ring (bicyclic) bond motifs is 2. The highest BCUT2D eigenvalue weighted by Gasteiger charge is 2.39. The van der Waals surface area contributed by atoms with Gasteiger partial charge in [0.1, 0.15) is 23.9 Å². The SMILES string of the molecule is O=C1CCC(N2Cc3cc(N4CCN(CC5CCN(c6ccc(-c7cnc8[nH]cc(C(=O)c9c(F)ccc(NS(=O)(=O)N%10CC[C@@H](F)C%10)c9F)c8c7)cc6)CC5)CC4)ccc3C2=O)C(O)N1. The number of amides is 2. The summed E-state index contributed by atoms with van der Waals surface area (Å²) in [5.41, 5.74) is 4.05. The van der Waals surface area contributed by atoms with Gasteiger partial charge < -0.3 is 30.1 Å². The number of piperidine rings is 2. The number of pyridine rings is 1. The molecule has 0 bridgehead atoms. The molecule has 0 spiro atoms. The Morgan fingerprint density at radius 2 is 1.61 bits per heavy atom. The number of hydrogen-bond donors (Lipinski definition) is 4. The van der Waals surface area contributed by atoms with Gasteiger partial charge in [0.15, 0.2) is 5.82 Å². The first-order valence-electron chi connectivity index (χ1n) is 22.5. The maximum absolute atomic E-state index is 15.8. The van der Waals surface area contributed by atoms with E-state index in [1.807, 2.05) is 29.0 Å². The average Bonchev–Trinajstić information content (AvgIpc) is 4.04. The molecule has 10 rings (SSSR count). The minimum atomic E-state index is -4.35. The van der Waals surface area contributed by atoms with Crippen molar-refractivity contribution in [2.24, 2.45) is 5.92 Å². The van der Waals surface area contributed by atoms with Gasteiger partial charge in [0, 0.05) is 118 Å². The molecule has 19 heteroatoms. The van der Waals surface area contributed by atoms with Crippen molar-refractivity contribution < 1.29 is 41.1 Å². The summed E-state index contributed by atoms with van der Waals surface area (Å²) in [7, 11) is -4.35. The number of halogens is 3. The lowest BCUT2D eigenvalue weighted by molar-refractivity contribution is -0.129. The summed E-state index contributed by atoms with van der Waals surface area (Å²) >= 11 is 0. The molecule has 3 aromatic carbocycles. The number of rotatable bonds is 11. The quantitative estimate of drug-likeness (QED) is 0.132. The number of hydrogen-bond acceptors (Lipinski definition) is 10. The highest BCUT2D eigenvalue weighted by atomic mass is 32.2. The smallest absolute Gasteiger partial charge is 0.301 e. The molecule has 66 heavy (non-hydrogen) atoms. The molecule has 2 amide bonds. The number of alkyl halides is 1. The van der Waals surface area contributed by atoms with Crippen LogP contribution < -0.4 is 19.8 Å². The molecular formula is C47H50F3N9O6S. The van der Waals surface area contributed by atoms with Gasteiger partial charge in [-0.2, -0.15) is 12.7 Å². The van der Waals surface area contributed by atoms with Gasteiger partial charge in [0.05, 0.1) is 17.3 Å². The predicted molar refractivity (Wildman–Crippen MR) is 242 cm³/mol. The number of benzene rings is 3. The fraction of sp³-hybridized carbons (Fsp3) is 0.404. The number of anilines is 3. The standard InChI is InChI=1S/C47H50F3N9O6S/c48-32-13-16-58(27-32)66(64,65)54-39-8-7-38(49)42(43(39)50)44(61)37-24-52-45-36(37)22-30(23-51-45)29-1-3-33(4-2-29)56-14-11-28(12-15-56)25-55-17-19-57(20-18-55)34-5-6-35-31(21-34)26-59(47(35)63)40-9-10-41(60)53-46(40)62/h1-8,21-24,28,32,40,46,54,62H,9-20,25-27H2,(H,51,52)(H,53,60)/t32-,40?,46?/m1/s1. The summed E-state index contributed by atoms with van der Waals surface area (Å²) in [5, 5.41) is 13.3. The summed E-state index contributed by atoms with van der Waals surface area (Å²) in [6.45, 7) is 6.51. The van der Waals surface area contributed by atoms with Crippen LogP contribution in [0.1, 0.15) is 63.9 Å². The van der Waals surface area contributed by atoms with Gasteiger partial charge >= 0.3 is 10.2 Å². The molecule has 2 aromatic heterocycles. The largest absolute Gasteiger partial charge is 0.372 e. The molecular weight excluding hydrogens is 876 g/mol. The summed E-state index contributed by atoms with van der Waals surface area (Å²) in [4.78, 5) is 55.0. The first-order valence-corrected chi connectivity index (χ1v) is 23.9. The Balaban J connectivity index is 0.729. The van der Waals surface area contributed by atoms with Crippen LogP contribution in [0.4, 0.5) is 30.2 Å². The number of H-pyrrole nitrogens is 1. The van der Waals surface area contributed by atoms with Crippen LogP contribution in [0.3, 0.4) is 0 Å². The Bertz CT molecular complexity index is 2810. The van der Waals surface area contributed by atoms with Gasteiger partial charge in [0.2, 0.25) is 11.7 Å². The summed E-state index contributed by atoms with van der Waals surface area (Å²) < 4.78 is 73.1. The molecule has 0 radical (unpaired) electrons. The van der Waals surface area contributed by atoms with Crippen LogP contribution >= 0.6 is 0 Å². The third-order valence-electron chi connectivity index (χ3n) is 13.9. The maximum atomic E-state index is 15.8. The second-order valence-electron chi connectivity index (χ2n) is 17.9. The summed E-state index contributed by atoms with van der Waals surface area (Å²) in [6.07, 6.45) is 3.43. The van der Waals surface area contributed by atoms with E-state index in [1.165, 1.54) is 6.20 Å². The van der Waals surface area contributed by atoms with E-state index in [1.54, 1.807) is 17.2 Å². The Labute approximate surface area is 379 Å². The van der Waals surface area contributed by atoms with Crippen LogP contribution in [0, 0.1) is 17.6 Å². The van der Waals surface area contributed by atoms with Crippen molar-refractivity contribution in [3.05, 3.63) is 107 Å². The van der Waals surface area contributed by atoms with E-state index >= 15 is 8.78 Å². The van der Waals surface area contributed by atoms with Crippen molar-refractivity contribution in [3.8, 4) is 11.1 Å². The zero-order chi connectivity index (χ0) is 45.9. The van der Waals surface area contributed by atoms with E-state index < -0.39 is 57.3 Å². The molecule has 5 aliphatic heterocycles. The molecule has 4 fully saturated rings. The van der Waals surface area contributed by atoms with E-state index in [-0.39, 0.29) is 43.3 Å². The average molecular weight is 926 g/mol. The van der Waals surface area contributed by atoms with Gasteiger partial charge in [0.25, 0.3) is 5.91 Å². The van der Waals surface area contributed by atoms with Crippen LogP contribution in [-0.4, -0.2) is 133 Å². The number of aliphatic hydroxyl groups excluding tert-OH is 1. The molecule has 5 aromatic rings. The summed E-state index contributed by atoms with van der Waals surface area (Å²) in [6, 6.07) is 17.1. The van der Waals surface area contributed by atoms with Crippen molar-refractivity contribution in [2.45, 2.75) is 57.1 Å². The molecule has 4 N–H and O–H groups in total. The van der Waals surface area contributed by atoms with E-state index in [0.29, 0.717) is 41.0 Å². The van der Waals surface area contributed by atoms with E-state index in [0.717, 1.165) is 97.6 Å². The number of piperazine rings is 1. The molecule has 7 heterocycles. The molecule has 0 aliphatic carbocycles.